The minimum absolute atomic E-state index is 0.105. The van der Waals surface area contributed by atoms with E-state index in [1.165, 1.54) is 6.07 Å². The third-order valence-electron chi connectivity index (χ3n) is 2.76. The Kier molecular flexibility index (Phi) is 4.74. The van der Waals surface area contributed by atoms with Crippen LogP contribution in [-0.2, 0) is 6.42 Å². The Morgan fingerprint density at radius 3 is 2.67 bits per heavy atom. The second kappa shape index (κ2) is 5.61. The van der Waals surface area contributed by atoms with Crippen LogP contribution in [-0.4, -0.2) is 6.04 Å². The summed E-state index contributed by atoms with van der Waals surface area (Å²) in [5, 5.41) is 0. The van der Waals surface area contributed by atoms with Gasteiger partial charge in [0.05, 0.1) is 0 Å². The van der Waals surface area contributed by atoms with Crippen LogP contribution in [0.1, 0.15) is 25.8 Å². The van der Waals surface area contributed by atoms with Crippen LogP contribution >= 0.6 is 15.9 Å². The fourth-order valence-electron chi connectivity index (χ4n) is 1.68. The van der Waals surface area contributed by atoms with E-state index in [0.717, 1.165) is 16.5 Å². The van der Waals surface area contributed by atoms with Crippen LogP contribution in [0.15, 0.2) is 22.7 Å². The minimum Gasteiger partial charge on any atom is -0.328 e. The lowest BCUT2D eigenvalue weighted by Crippen LogP contribution is -2.27. The summed E-state index contributed by atoms with van der Waals surface area (Å²) in [4.78, 5) is 0. The van der Waals surface area contributed by atoms with Gasteiger partial charge in [-0.3, -0.25) is 0 Å². The van der Waals surface area contributed by atoms with Crippen molar-refractivity contribution < 1.29 is 4.39 Å². The maximum Gasteiger partial charge on any atom is 0.126 e. The fourth-order valence-corrected chi connectivity index (χ4v) is 2.09. The lowest BCUT2D eigenvalue weighted by Gasteiger charge is -2.19. The van der Waals surface area contributed by atoms with E-state index in [2.05, 4.69) is 22.9 Å². The molecule has 2 unspecified atom stereocenters. The van der Waals surface area contributed by atoms with Gasteiger partial charge in [0.15, 0.2) is 0 Å². The van der Waals surface area contributed by atoms with Crippen molar-refractivity contribution in [1.82, 2.24) is 0 Å². The van der Waals surface area contributed by atoms with Gasteiger partial charge < -0.3 is 5.73 Å². The van der Waals surface area contributed by atoms with E-state index in [1.807, 2.05) is 13.0 Å². The number of halogens is 2. The molecular weight excluding hydrogens is 257 g/mol. The van der Waals surface area contributed by atoms with E-state index in [9.17, 15) is 4.39 Å². The topological polar surface area (TPSA) is 26.0 Å². The van der Waals surface area contributed by atoms with Gasteiger partial charge in [-0.05, 0) is 43.0 Å². The highest BCUT2D eigenvalue weighted by Crippen LogP contribution is 2.21. The van der Waals surface area contributed by atoms with E-state index in [-0.39, 0.29) is 11.9 Å². The molecule has 0 aliphatic carbocycles. The average molecular weight is 274 g/mol. The molecule has 0 aliphatic rings. The summed E-state index contributed by atoms with van der Waals surface area (Å²) in [6, 6.07) is 5.15. The normalized spacial score (nSPS) is 15.0. The number of hydrogen-bond donors (Lipinski definition) is 1. The van der Waals surface area contributed by atoms with Gasteiger partial charge in [-0.15, -0.1) is 0 Å². The lowest BCUT2D eigenvalue weighted by atomic mass is 9.91. The summed E-state index contributed by atoms with van der Waals surface area (Å²) >= 11 is 3.35. The number of nitrogens with two attached hydrogens (primary N) is 1. The van der Waals surface area contributed by atoms with Gasteiger partial charge in [-0.1, -0.05) is 29.3 Å². The molecule has 0 aliphatic heterocycles. The molecule has 0 spiro atoms. The Balaban J connectivity index is 2.82. The molecule has 0 bridgehead atoms. The predicted molar refractivity (Wildman–Crippen MR) is 65.2 cm³/mol. The Labute approximate surface area is 99.0 Å². The largest absolute Gasteiger partial charge is 0.328 e. The number of hydrogen-bond acceptors (Lipinski definition) is 1. The molecule has 0 radical (unpaired) electrons. The van der Waals surface area contributed by atoms with Crippen molar-refractivity contribution >= 4 is 15.9 Å². The molecular formula is C12H17BrFN. The highest BCUT2D eigenvalue weighted by molar-refractivity contribution is 9.10. The van der Waals surface area contributed by atoms with Gasteiger partial charge in [-0.25, -0.2) is 4.39 Å². The molecule has 1 rings (SSSR count). The maximum atomic E-state index is 13.5. The van der Waals surface area contributed by atoms with Gasteiger partial charge in [0.2, 0.25) is 0 Å². The Bertz CT molecular complexity index is 325. The summed E-state index contributed by atoms with van der Waals surface area (Å²) in [5.41, 5.74) is 6.59. The lowest BCUT2D eigenvalue weighted by molar-refractivity contribution is 0.420. The Hall–Kier alpha value is -0.410. The molecule has 0 aromatic heterocycles. The second-order valence-electron chi connectivity index (χ2n) is 3.97. The van der Waals surface area contributed by atoms with Crippen molar-refractivity contribution in [3.8, 4) is 0 Å². The maximum absolute atomic E-state index is 13.5. The monoisotopic (exact) mass is 273 g/mol. The van der Waals surface area contributed by atoms with E-state index in [4.69, 9.17) is 5.73 Å². The van der Waals surface area contributed by atoms with Crippen molar-refractivity contribution in [2.45, 2.75) is 32.7 Å². The smallest absolute Gasteiger partial charge is 0.126 e. The molecule has 15 heavy (non-hydrogen) atoms. The summed E-state index contributed by atoms with van der Waals surface area (Å²) in [7, 11) is 0. The van der Waals surface area contributed by atoms with Crippen molar-refractivity contribution in [3.05, 3.63) is 34.1 Å². The first-order valence-corrected chi connectivity index (χ1v) is 6.03. The highest BCUT2D eigenvalue weighted by atomic mass is 79.9. The van der Waals surface area contributed by atoms with Crippen LogP contribution in [0.2, 0.25) is 0 Å². The van der Waals surface area contributed by atoms with E-state index in [0.29, 0.717) is 12.3 Å². The third-order valence-corrected chi connectivity index (χ3v) is 3.25. The second-order valence-corrected chi connectivity index (χ2v) is 4.88. The van der Waals surface area contributed by atoms with E-state index >= 15 is 0 Å². The first-order valence-electron chi connectivity index (χ1n) is 5.24. The minimum atomic E-state index is -0.141. The third kappa shape index (κ3) is 3.58. The Morgan fingerprint density at radius 2 is 2.13 bits per heavy atom. The van der Waals surface area contributed by atoms with Crippen LogP contribution in [0.5, 0.6) is 0 Å². The molecule has 0 fully saturated rings. The summed E-state index contributed by atoms with van der Waals surface area (Å²) < 4.78 is 14.4. The molecule has 84 valence electrons. The number of benzene rings is 1. The van der Waals surface area contributed by atoms with Crippen LogP contribution in [0, 0.1) is 11.7 Å². The summed E-state index contributed by atoms with van der Waals surface area (Å²) in [6.45, 7) is 4.06. The molecule has 3 heteroatoms. The van der Waals surface area contributed by atoms with Gasteiger partial charge in [0.25, 0.3) is 0 Å². The molecule has 2 atom stereocenters. The number of rotatable bonds is 4. The zero-order valence-corrected chi connectivity index (χ0v) is 10.7. The van der Waals surface area contributed by atoms with Crippen molar-refractivity contribution in [2.75, 3.05) is 0 Å². The van der Waals surface area contributed by atoms with Gasteiger partial charge in [0, 0.05) is 10.5 Å². The van der Waals surface area contributed by atoms with Crippen molar-refractivity contribution in [1.29, 1.82) is 0 Å². The summed E-state index contributed by atoms with van der Waals surface area (Å²) in [6.07, 6.45) is 1.68. The van der Waals surface area contributed by atoms with Crippen LogP contribution in [0.3, 0.4) is 0 Å². The SMILES string of the molecule is CCC(Cc1cc(Br)ccc1F)C(C)N. The van der Waals surface area contributed by atoms with Crippen LogP contribution < -0.4 is 5.73 Å². The first kappa shape index (κ1) is 12.7. The first-order chi connectivity index (χ1) is 7.04. The molecule has 0 saturated heterocycles. The molecule has 1 nitrogen and oxygen atoms in total. The zero-order valence-electron chi connectivity index (χ0n) is 9.13. The van der Waals surface area contributed by atoms with Crippen molar-refractivity contribution in [2.24, 2.45) is 11.7 Å². The molecule has 1 aromatic carbocycles. The van der Waals surface area contributed by atoms with Crippen LogP contribution in [0.25, 0.3) is 0 Å². The van der Waals surface area contributed by atoms with Crippen molar-refractivity contribution in [3.63, 3.8) is 0 Å². The zero-order chi connectivity index (χ0) is 11.4. The Morgan fingerprint density at radius 1 is 1.47 bits per heavy atom. The van der Waals surface area contributed by atoms with E-state index < -0.39 is 0 Å². The molecule has 0 heterocycles. The molecule has 2 N–H and O–H groups in total. The predicted octanol–water partition coefficient (Wildman–Crippen LogP) is 3.50. The highest BCUT2D eigenvalue weighted by Gasteiger charge is 2.14. The molecule has 1 aromatic rings. The quantitative estimate of drug-likeness (QED) is 0.893. The van der Waals surface area contributed by atoms with Crippen LogP contribution in [0.4, 0.5) is 4.39 Å². The average Bonchev–Trinajstić information content (AvgIpc) is 2.18. The van der Waals surface area contributed by atoms with Gasteiger partial charge >= 0.3 is 0 Å². The summed E-state index contributed by atoms with van der Waals surface area (Å²) in [5.74, 6) is 0.200. The molecule has 0 saturated carbocycles. The van der Waals surface area contributed by atoms with Gasteiger partial charge in [-0.2, -0.15) is 0 Å². The molecule has 0 amide bonds. The van der Waals surface area contributed by atoms with Gasteiger partial charge in [0.1, 0.15) is 5.82 Å². The fraction of sp³-hybridized carbons (Fsp3) is 0.500. The van der Waals surface area contributed by atoms with E-state index in [1.54, 1.807) is 6.07 Å². The standard InChI is InChI=1S/C12H17BrFN/c1-3-9(8(2)15)6-10-7-11(13)4-5-12(10)14/h4-5,7-9H,3,6,15H2,1-2H3.